The molecule has 1 aromatic rings. The number of thioether (sulfide) groups is 2. The summed E-state index contributed by atoms with van der Waals surface area (Å²) in [4.78, 5) is 22.8. The molecule has 0 spiro atoms. The Morgan fingerprint density at radius 3 is 2.84 bits per heavy atom. The number of aliphatic carboxylic acids is 1. The molecule has 3 N–H and O–H groups in total. The second-order valence-corrected chi connectivity index (χ2v) is 10.0. The second-order valence-electron chi connectivity index (χ2n) is 7.69. The standard InChI is InChI=1S/C24H32O6S2/c1-2-9-30-15-18-6-3-5-17(12-18)13-19(25)7-8-20-21(26)14-22(27)24(20)32-11-4-10-31-16-23(28)29/h2-3,5-8,12,19-21,24-26H,1,4,9-11,13-16H2,(H,28,29)/t19?,20-,21?,24?/m0/s1. The Balaban J connectivity index is 1.84. The Morgan fingerprint density at radius 2 is 2.09 bits per heavy atom. The number of ketones is 1. The van der Waals surface area contributed by atoms with E-state index in [9.17, 15) is 19.8 Å². The molecule has 1 aliphatic rings. The van der Waals surface area contributed by atoms with Crippen molar-refractivity contribution in [2.45, 2.75) is 43.3 Å². The Morgan fingerprint density at radius 1 is 1.31 bits per heavy atom. The summed E-state index contributed by atoms with van der Waals surface area (Å²) in [5.41, 5.74) is 2.00. The van der Waals surface area contributed by atoms with Crippen molar-refractivity contribution in [2.75, 3.05) is 23.9 Å². The van der Waals surface area contributed by atoms with E-state index in [-0.39, 0.29) is 29.1 Å². The first-order valence-electron chi connectivity index (χ1n) is 10.7. The quantitative estimate of drug-likeness (QED) is 0.260. The molecule has 0 saturated heterocycles. The van der Waals surface area contributed by atoms with Gasteiger partial charge < -0.3 is 20.1 Å². The molecule has 32 heavy (non-hydrogen) atoms. The summed E-state index contributed by atoms with van der Waals surface area (Å²) in [5.74, 6) is 0.403. The first kappa shape index (κ1) is 26.7. The van der Waals surface area contributed by atoms with Gasteiger partial charge in [0.15, 0.2) is 0 Å². The molecule has 1 aromatic carbocycles. The van der Waals surface area contributed by atoms with Gasteiger partial charge in [0, 0.05) is 18.8 Å². The SMILES string of the molecule is C=CCOCc1cccc(CC(O)C=C[C@H]2C(O)CC(=O)C2SCCCSCC(=O)O)c1. The molecule has 0 aliphatic heterocycles. The van der Waals surface area contributed by atoms with Gasteiger partial charge in [-0.25, -0.2) is 0 Å². The van der Waals surface area contributed by atoms with Crippen LogP contribution in [0, 0.1) is 5.92 Å². The molecule has 1 fully saturated rings. The smallest absolute Gasteiger partial charge is 0.313 e. The Hall–Kier alpha value is -1.58. The van der Waals surface area contributed by atoms with Crippen molar-refractivity contribution in [2.24, 2.45) is 5.92 Å². The highest BCUT2D eigenvalue weighted by molar-refractivity contribution is 8.01. The van der Waals surface area contributed by atoms with Gasteiger partial charge >= 0.3 is 5.97 Å². The van der Waals surface area contributed by atoms with Gasteiger partial charge in [-0.2, -0.15) is 11.8 Å². The van der Waals surface area contributed by atoms with Crippen molar-refractivity contribution >= 4 is 35.3 Å². The molecule has 1 saturated carbocycles. The van der Waals surface area contributed by atoms with E-state index in [0.717, 1.165) is 29.1 Å². The number of carbonyl (C=O) groups excluding carboxylic acids is 1. The molecule has 0 bridgehead atoms. The summed E-state index contributed by atoms with van der Waals surface area (Å²) in [6.45, 7) is 4.59. The average molecular weight is 481 g/mol. The van der Waals surface area contributed by atoms with E-state index in [1.54, 1.807) is 18.2 Å². The molecule has 4 atom stereocenters. The molecule has 8 heteroatoms. The monoisotopic (exact) mass is 480 g/mol. The zero-order valence-electron chi connectivity index (χ0n) is 18.1. The lowest BCUT2D eigenvalue weighted by Crippen LogP contribution is -2.22. The number of Topliss-reactive ketones (excluding diaryl/α,β-unsaturated/α-hetero) is 1. The van der Waals surface area contributed by atoms with E-state index >= 15 is 0 Å². The van der Waals surface area contributed by atoms with Crippen LogP contribution in [0.4, 0.5) is 0 Å². The number of hydrogen-bond donors (Lipinski definition) is 3. The minimum Gasteiger partial charge on any atom is -0.481 e. The first-order chi connectivity index (χ1) is 15.4. The zero-order chi connectivity index (χ0) is 23.3. The van der Waals surface area contributed by atoms with Crippen molar-refractivity contribution in [1.82, 2.24) is 0 Å². The lowest BCUT2D eigenvalue weighted by atomic mass is 10.0. The van der Waals surface area contributed by atoms with Crippen LogP contribution in [0.2, 0.25) is 0 Å². The van der Waals surface area contributed by atoms with Gasteiger partial charge in [0.1, 0.15) is 5.78 Å². The topological polar surface area (TPSA) is 104 Å². The Bertz CT molecular complexity index is 782. The summed E-state index contributed by atoms with van der Waals surface area (Å²) < 4.78 is 5.46. The van der Waals surface area contributed by atoms with Crippen LogP contribution in [0.3, 0.4) is 0 Å². The molecule has 176 valence electrons. The lowest BCUT2D eigenvalue weighted by Gasteiger charge is -2.17. The summed E-state index contributed by atoms with van der Waals surface area (Å²) in [5, 5.41) is 29.1. The van der Waals surface area contributed by atoms with Crippen LogP contribution < -0.4 is 0 Å². The van der Waals surface area contributed by atoms with Gasteiger partial charge in [0.25, 0.3) is 0 Å². The number of carboxylic acid groups (broad SMARTS) is 1. The van der Waals surface area contributed by atoms with Crippen molar-refractivity contribution in [3.05, 3.63) is 60.2 Å². The second kappa shape index (κ2) is 14.5. The number of rotatable bonds is 15. The summed E-state index contributed by atoms with van der Waals surface area (Å²) in [6.07, 6.45) is 5.04. The van der Waals surface area contributed by atoms with E-state index in [1.807, 2.05) is 24.3 Å². The summed E-state index contributed by atoms with van der Waals surface area (Å²) in [6, 6.07) is 7.84. The van der Waals surface area contributed by atoms with Gasteiger partial charge in [-0.05, 0) is 29.1 Å². The highest BCUT2D eigenvalue weighted by Gasteiger charge is 2.40. The Kier molecular flexibility index (Phi) is 12.1. The highest BCUT2D eigenvalue weighted by atomic mass is 32.2. The van der Waals surface area contributed by atoms with Crippen LogP contribution in [-0.4, -0.2) is 68.4 Å². The number of ether oxygens (including phenoxy) is 1. The van der Waals surface area contributed by atoms with Crippen molar-refractivity contribution in [3.8, 4) is 0 Å². The van der Waals surface area contributed by atoms with Crippen LogP contribution in [0.5, 0.6) is 0 Å². The molecule has 2 rings (SSSR count). The highest BCUT2D eigenvalue weighted by Crippen LogP contribution is 2.34. The van der Waals surface area contributed by atoms with Gasteiger partial charge in [0.05, 0.1) is 36.4 Å². The van der Waals surface area contributed by atoms with Gasteiger partial charge in [-0.3, -0.25) is 9.59 Å². The fourth-order valence-corrected chi connectivity index (χ4v) is 5.70. The molecular weight excluding hydrogens is 448 g/mol. The zero-order valence-corrected chi connectivity index (χ0v) is 19.7. The van der Waals surface area contributed by atoms with E-state index in [2.05, 4.69) is 6.58 Å². The van der Waals surface area contributed by atoms with Crippen molar-refractivity contribution in [3.63, 3.8) is 0 Å². The summed E-state index contributed by atoms with van der Waals surface area (Å²) >= 11 is 2.87. The molecule has 1 aliphatic carbocycles. The minimum absolute atomic E-state index is 0.0251. The molecule has 6 nitrogen and oxygen atoms in total. The number of carbonyl (C=O) groups is 2. The largest absolute Gasteiger partial charge is 0.481 e. The maximum atomic E-state index is 12.3. The third kappa shape index (κ3) is 9.50. The molecule has 0 heterocycles. The maximum Gasteiger partial charge on any atom is 0.313 e. The fraction of sp³-hybridized carbons (Fsp3) is 0.500. The van der Waals surface area contributed by atoms with Crippen molar-refractivity contribution < 1.29 is 29.6 Å². The van der Waals surface area contributed by atoms with E-state index in [4.69, 9.17) is 9.84 Å². The lowest BCUT2D eigenvalue weighted by molar-refractivity contribution is -0.133. The number of hydrogen-bond acceptors (Lipinski definition) is 7. The van der Waals surface area contributed by atoms with E-state index in [1.165, 1.54) is 23.5 Å². The van der Waals surface area contributed by atoms with E-state index in [0.29, 0.717) is 19.6 Å². The third-order valence-corrected chi connectivity index (χ3v) is 7.46. The molecular formula is C24H32O6S2. The summed E-state index contributed by atoms with van der Waals surface area (Å²) in [7, 11) is 0. The van der Waals surface area contributed by atoms with Gasteiger partial charge in [-0.1, -0.05) is 42.5 Å². The van der Waals surface area contributed by atoms with Gasteiger partial charge in [-0.15, -0.1) is 18.3 Å². The molecule has 3 unspecified atom stereocenters. The first-order valence-corrected chi connectivity index (χ1v) is 12.9. The third-order valence-electron chi connectivity index (χ3n) is 4.97. The average Bonchev–Trinajstić information content (AvgIpc) is 3.01. The number of aliphatic hydroxyl groups is 2. The number of aliphatic hydroxyl groups excluding tert-OH is 2. The number of benzene rings is 1. The molecule has 0 aromatic heterocycles. The van der Waals surface area contributed by atoms with Gasteiger partial charge in [0.2, 0.25) is 0 Å². The Labute approximate surface area is 198 Å². The van der Waals surface area contributed by atoms with Crippen LogP contribution in [0.15, 0.2) is 49.1 Å². The van der Waals surface area contributed by atoms with Crippen LogP contribution in [0.25, 0.3) is 0 Å². The predicted octanol–water partition coefficient (Wildman–Crippen LogP) is 3.11. The predicted molar refractivity (Wildman–Crippen MR) is 130 cm³/mol. The van der Waals surface area contributed by atoms with Crippen LogP contribution in [0.1, 0.15) is 24.0 Å². The molecule has 0 radical (unpaired) electrons. The maximum absolute atomic E-state index is 12.3. The van der Waals surface area contributed by atoms with Crippen LogP contribution in [-0.2, 0) is 27.4 Å². The minimum atomic E-state index is -0.826. The number of carboxylic acids is 1. The fourth-order valence-electron chi connectivity index (χ4n) is 3.51. The van der Waals surface area contributed by atoms with Crippen LogP contribution >= 0.6 is 23.5 Å². The van der Waals surface area contributed by atoms with Crippen molar-refractivity contribution in [1.29, 1.82) is 0 Å². The normalized spacial score (nSPS) is 21.8. The molecule has 0 amide bonds. The van der Waals surface area contributed by atoms with E-state index < -0.39 is 18.2 Å².